The first-order chi connectivity index (χ1) is 10.6. The first kappa shape index (κ1) is 15.3. The molecule has 5 heteroatoms. The maximum atomic E-state index is 12.6. The number of hydrogen-bond acceptors (Lipinski definition) is 3. The largest absolute Gasteiger partial charge is 0.462 e. The van der Waals surface area contributed by atoms with E-state index in [1.807, 2.05) is 16.7 Å². The van der Waals surface area contributed by atoms with Crippen molar-refractivity contribution >= 4 is 32.8 Å². The molecule has 0 saturated heterocycles. The van der Waals surface area contributed by atoms with Gasteiger partial charge in [0.05, 0.1) is 12.1 Å². The van der Waals surface area contributed by atoms with Crippen LogP contribution in [0.5, 0.6) is 0 Å². The number of carbonyl (C=O) groups is 1. The minimum atomic E-state index is -0.545. The Hall–Kier alpha value is -1.62. The highest BCUT2D eigenvalue weighted by atomic mass is 79.9. The van der Waals surface area contributed by atoms with Crippen LogP contribution in [0.25, 0.3) is 10.9 Å². The number of esters is 1. The van der Waals surface area contributed by atoms with Gasteiger partial charge in [-0.2, -0.15) is 0 Å². The topological polar surface area (TPSA) is 48.3 Å². The lowest BCUT2D eigenvalue weighted by Crippen LogP contribution is -2.24. The number of nitrogens with zero attached hydrogens (tertiary/aromatic N) is 1. The van der Waals surface area contributed by atoms with Gasteiger partial charge in [0.25, 0.3) is 0 Å². The molecule has 1 aromatic carbocycles. The number of benzene rings is 1. The lowest BCUT2D eigenvalue weighted by molar-refractivity contribution is 0.0524. The summed E-state index contributed by atoms with van der Waals surface area (Å²) in [6, 6.07) is 5.62. The molecule has 22 heavy (non-hydrogen) atoms. The van der Waals surface area contributed by atoms with Crippen molar-refractivity contribution in [2.24, 2.45) is 5.92 Å². The van der Waals surface area contributed by atoms with Gasteiger partial charge < -0.3 is 9.30 Å². The third-order valence-corrected chi connectivity index (χ3v) is 4.71. The Morgan fingerprint density at radius 2 is 2.18 bits per heavy atom. The monoisotopic (exact) mass is 363 g/mol. The van der Waals surface area contributed by atoms with Gasteiger partial charge in [-0.15, -0.1) is 0 Å². The minimum Gasteiger partial charge on any atom is -0.462 e. The van der Waals surface area contributed by atoms with Gasteiger partial charge in [0.15, 0.2) is 0 Å². The van der Waals surface area contributed by atoms with E-state index in [0.29, 0.717) is 11.3 Å². The van der Waals surface area contributed by atoms with E-state index in [1.165, 1.54) is 19.3 Å². The number of carbonyl (C=O) groups excluding carboxylic acids is 1. The summed E-state index contributed by atoms with van der Waals surface area (Å²) in [7, 11) is 0. The molecule has 0 bridgehead atoms. The standard InChI is InChI=1S/C17H18BrNO3/c1-2-22-17(21)14-10-19(9-11-4-3-5-11)15-7-6-12(18)8-13(15)16(14)20/h6-8,10-11H,2-5,9H2,1H3. The molecule has 0 atom stereocenters. The van der Waals surface area contributed by atoms with Crippen molar-refractivity contribution in [1.82, 2.24) is 4.57 Å². The molecule has 0 radical (unpaired) electrons. The second-order valence-electron chi connectivity index (χ2n) is 5.70. The molecule has 0 amide bonds. The Labute approximate surface area is 137 Å². The Balaban J connectivity index is 2.16. The van der Waals surface area contributed by atoms with E-state index >= 15 is 0 Å². The van der Waals surface area contributed by atoms with Crippen LogP contribution in [0.3, 0.4) is 0 Å². The van der Waals surface area contributed by atoms with Gasteiger partial charge in [-0.1, -0.05) is 22.4 Å². The summed E-state index contributed by atoms with van der Waals surface area (Å²) in [6.45, 7) is 2.84. The van der Waals surface area contributed by atoms with E-state index in [2.05, 4.69) is 15.9 Å². The third-order valence-electron chi connectivity index (χ3n) is 4.22. The molecular formula is C17H18BrNO3. The first-order valence-electron chi connectivity index (χ1n) is 7.60. The summed E-state index contributed by atoms with van der Waals surface area (Å²) in [6.07, 6.45) is 5.34. The van der Waals surface area contributed by atoms with Crippen molar-refractivity contribution in [2.75, 3.05) is 6.61 Å². The van der Waals surface area contributed by atoms with Crippen LogP contribution in [0.4, 0.5) is 0 Å². The molecule has 1 aromatic heterocycles. The van der Waals surface area contributed by atoms with Crippen LogP contribution < -0.4 is 5.43 Å². The highest BCUT2D eigenvalue weighted by Gasteiger charge is 2.21. The van der Waals surface area contributed by atoms with Gasteiger partial charge >= 0.3 is 5.97 Å². The van der Waals surface area contributed by atoms with E-state index in [-0.39, 0.29) is 17.6 Å². The minimum absolute atomic E-state index is 0.117. The first-order valence-corrected chi connectivity index (χ1v) is 8.39. The quantitative estimate of drug-likeness (QED) is 0.777. The van der Waals surface area contributed by atoms with Gasteiger partial charge in [-0.05, 0) is 43.9 Å². The predicted molar refractivity (Wildman–Crippen MR) is 89.2 cm³/mol. The van der Waals surface area contributed by atoms with Crippen molar-refractivity contribution in [1.29, 1.82) is 0 Å². The summed E-state index contributed by atoms with van der Waals surface area (Å²) in [5.41, 5.74) is 0.722. The van der Waals surface area contributed by atoms with Gasteiger partial charge in [0, 0.05) is 22.6 Å². The molecule has 1 heterocycles. The van der Waals surface area contributed by atoms with Crippen molar-refractivity contribution in [3.8, 4) is 0 Å². The Bertz CT molecular complexity index is 777. The summed E-state index contributed by atoms with van der Waals surface area (Å²) in [4.78, 5) is 24.7. The summed E-state index contributed by atoms with van der Waals surface area (Å²) in [5.74, 6) is 0.0844. The number of pyridine rings is 1. The van der Waals surface area contributed by atoms with Crippen molar-refractivity contribution in [3.05, 3.63) is 44.7 Å². The number of hydrogen-bond donors (Lipinski definition) is 0. The Morgan fingerprint density at radius 1 is 1.41 bits per heavy atom. The molecule has 4 nitrogen and oxygen atoms in total. The molecule has 1 aliphatic carbocycles. The fourth-order valence-electron chi connectivity index (χ4n) is 2.83. The zero-order valence-electron chi connectivity index (χ0n) is 12.5. The number of halogens is 1. The summed E-state index contributed by atoms with van der Waals surface area (Å²) >= 11 is 3.39. The molecule has 0 unspecified atom stereocenters. The van der Waals surface area contributed by atoms with Crippen molar-refractivity contribution < 1.29 is 9.53 Å². The van der Waals surface area contributed by atoms with Crippen LogP contribution in [-0.4, -0.2) is 17.1 Å². The number of fused-ring (bicyclic) bond motifs is 1. The summed E-state index contributed by atoms with van der Waals surface area (Å²) < 4.78 is 7.88. The van der Waals surface area contributed by atoms with Gasteiger partial charge in [-0.3, -0.25) is 4.79 Å². The predicted octanol–water partition coefficient (Wildman–Crippen LogP) is 3.74. The SMILES string of the molecule is CCOC(=O)c1cn(CC2CCC2)c2ccc(Br)cc2c1=O. The number of aromatic nitrogens is 1. The van der Waals surface area contributed by atoms with Crippen molar-refractivity contribution in [2.45, 2.75) is 32.7 Å². The molecule has 1 aliphatic rings. The van der Waals surface area contributed by atoms with Gasteiger partial charge in [-0.25, -0.2) is 4.79 Å². The highest BCUT2D eigenvalue weighted by molar-refractivity contribution is 9.10. The Kier molecular flexibility index (Phi) is 4.34. The van der Waals surface area contributed by atoms with E-state index in [4.69, 9.17) is 4.74 Å². The fraction of sp³-hybridized carbons (Fsp3) is 0.412. The average molecular weight is 364 g/mol. The van der Waals surface area contributed by atoms with Gasteiger partial charge in [0.1, 0.15) is 5.56 Å². The molecule has 2 aromatic rings. The number of rotatable bonds is 4. The maximum Gasteiger partial charge on any atom is 0.343 e. The van der Waals surface area contributed by atoms with Crippen LogP contribution in [0.15, 0.2) is 33.7 Å². The molecule has 0 aliphatic heterocycles. The van der Waals surface area contributed by atoms with Crippen LogP contribution in [0.2, 0.25) is 0 Å². The molecule has 0 N–H and O–H groups in total. The van der Waals surface area contributed by atoms with Gasteiger partial charge in [0.2, 0.25) is 5.43 Å². The van der Waals surface area contributed by atoms with E-state index in [0.717, 1.165) is 16.5 Å². The van der Waals surface area contributed by atoms with E-state index < -0.39 is 5.97 Å². The molecular weight excluding hydrogens is 346 g/mol. The second kappa shape index (κ2) is 6.24. The maximum absolute atomic E-state index is 12.6. The average Bonchev–Trinajstić information content (AvgIpc) is 2.45. The highest BCUT2D eigenvalue weighted by Crippen LogP contribution is 2.29. The lowest BCUT2D eigenvalue weighted by atomic mass is 9.85. The molecule has 1 saturated carbocycles. The van der Waals surface area contributed by atoms with Crippen LogP contribution >= 0.6 is 15.9 Å². The molecule has 1 fully saturated rings. The molecule has 0 spiro atoms. The Morgan fingerprint density at radius 3 is 2.82 bits per heavy atom. The number of ether oxygens (including phenoxy) is 1. The normalized spacial score (nSPS) is 14.8. The smallest absolute Gasteiger partial charge is 0.343 e. The second-order valence-corrected chi connectivity index (χ2v) is 6.62. The van der Waals surface area contributed by atoms with E-state index in [9.17, 15) is 9.59 Å². The molecule has 3 rings (SSSR count). The summed E-state index contributed by atoms with van der Waals surface area (Å²) in [5, 5.41) is 0.555. The van der Waals surface area contributed by atoms with Crippen molar-refractivity contribution in [3.63, 3.8) is 0 Å². The van der Waals surface area contributed by atoms with Crippen LogP contribution in [0, 0.1) is 5.92 Å². The zero-order chi connectivity index (χ0) is 15.7. The lowest BCUT2D eigenvalue weighted by Gasteiger charge is -2.27. The van der Waals surface area contributed by atoms with E-state index in [1.54, 1.807) is 19.2 Å². The van der Waals surface area contributed by atoms with Crippen LogP contribution in [0.1, 0.15) is 36.5 Å². The van der Waals surface area contributed by atoms with Crippen LogP contribution in [-0.2, 0) is 11.3 Å². The zero-order valence-corrected chi connectivity index (χ0v) is 14.1. The fourth-order valence-corrected chi connectivity index (χ4v) is 3.19. The molecule has 116 valence electrons. The third kappa shape index (κ3) is 2.82.